The molecule has 1 N–H and O–H groups in total. The lowest BCUT2D eigenvalue weighted by molar-refractivity contribution is 0.411. The zero-order valence-corrected chi connectivity index (χ0v) is 10.4. The van der Waals surface area contributed by atoms with Crippen molar-refractivity contribution in [2.75, 3.05) is 0 Å². The summed E-state index contributed by atoms with van der Waals surface area (Å²) in [5.74, 6) is 0.308. The van der Waals surface area contributed by atoms with E-state index in [-0.39, 0.29) is 17.2 Å². The number of phenolic OH excluding ortho intramolecular Hbond substituents is 1. The van der Waals surface area contributed by atoms with Gasteiger partial charge in [0.25, 0.3) is 5.89 Å². The van der Waals surface area contributed by atoms with Gasteiger partial charge in [-0.25, -0.2) is 4.39 Å². The molecule has 0 atom stereocenters. The van der Waals surface area contributed by atoms with Gasteiger partial charge >= 0.3 is 0 Å². The van der Waals surface area contributed by atoms with Gasteiger partial charge in [0, 0.05) is 6.42 Å². The maximum atomic E-state index is 13.6. The van der Waals surface area contributed by atoms with Gasteiger partial charge in [0.2, 0.25) is 0 Å². The number of hydrogen-bond acceptors (Lipinski definition) is 4. The van der Waals surface area contributed by atoms with Crippen LogP contribution >= 0.6 is 0 Å². The maximum absolute atomic E-state index is 13.6. The molecule has 2 aromatic rings. The van der Waals surface area contributed by atoms with Gasteiger partial charge in [0.05, 0.1) is 0 Å². The van der Waals surface area contributed by atoms with Gasteiger partial charge in [0.15, 0.2) is 5.82 Å². The van der Waals surface area contributed by atoms with Gasteiger partial charge in [0.1, 0.15) is 17.1 Å². The lowest BCUT2D eigenvalue weighted by atomic mass is 10.1. The van der Waals surface area contributed by atoms with E-state index in [1.54, 1.807) is 0 Å². The zero-order valence-electron chi connectivity index (χ0n) is 10.4. The first-order valence-corrected chi connectivity index (χ1v) is 5.88. The fourth-order valence-corrected chi connectivity index (χ4v) is 1.60. The van der Waals surface area contributed by atoms with Crippen molar-refractivity contribution in [3.05, 3.63) is 29.8 Å². The Balaban J connectivity index is 2.24. The van der Waals surface area contributed by atoms with Crippen molar-refractivity contribution in [2.24, 2.45) is 5.92 Å². The topological polar surface area (TPSA) is 59.2 Å². The molecular formula is C13H15FN2O2. The van der Waals surface area contributed by atoms with E-state index in [0.29, 0.717) is 18.2 Å². The van der Waals surface area contributed by atoms with Crippen LogP contribution in [0.25, 0.3) is 11.5 Å². The fraction of sp³-hybridized carbons (Fsp3) is 0.385. The number of nitrogens with zero attached hydrogens (tertiary/aromatic N) is 2. The molecule has 0 saturated heterocycles. The standard InChI is InChI=1S/C13H15FN2O2/c1-8(2)6-7-11-15-13(18-16-11)12-9(14)4-3-5-10(12)17/h3-5,8,17H,6-7H2,1-2H3. The Morgan fingerprint density at radius 1 is 1.39 bits per heavy atom. The molecule has 0 radical (unpaired) electrons. The normalized spacial score (nSPS) is 11.1. The molecule has 0 unspecified atom stereocenters. The van der Waals surface area contributed by atoms with Gasteiger partial charge < -0.3 is 9.63 Å². The van der Waals surface area contributed by atoms with Gasteiger partial charge in [-0.15, -0.1) is 0 Å². The third-order valence-corrected chi connectivity index (χ3v) is 2.62. The van der Waals surface area contributed by atoms with Crippen LogP contribution in [0.2, 0.25) is 0 Å². The second-order valence-corrected chi connectivity index (χ2v) is 4.58. The maximum Gasteiger partial charge on any atom is 0.264 e. The highest BCUT2D eigenvalue weighted by atomic mass is 19.1. The third-order valence-electron chi connectivity index (χ3n) is 2.62. The predicted octanol–water partition coefficient (Wildman–Crippen LogP) is 3.17. The van der Waals surface area contributed by atoms with Crippen molar-refractivity contribution in [1.82, 2.24) is 10.1 Å². The summed E-state index contributed by atoms with van der Waals surface area (Å²) >= 11 is 0. The fourth-order valence-electron chi connectivity index (χ4n) is 1.60. The summed E-state index contributed by atoms with van der Waals surface area (Å²) < 4.78 is 18.6. The molecule has 4 nitrogen and oxygen atoms in total. The highest BCUT2D eigenvalue weighted by Crippen LogP contribution is 2.30. The van der Waals surface area contributed by atoms with Crippen molar-refractivity contribution in [1.29, 1.82) is 0 Å². The van der Waals surface area contributed by atoms with Gasteiger partial charge in [-0.05, 0) is 24.5 Å². The monoisotopic (exact) mass is 250 g/mol. The van der Waals surface area contributed by atoms with E-state index in [1.807, 2.05) is 0 Å². The molecule has 1 heterocycles. The number of rotatable bonds is 4. The third kappa shape index (κ3) is 2.67. The van der Waals surface area contributed by atoms with Crippen LogP contribution in [0.1, 0.15) is 26.1 Å². The molecule has 18 heavy (non-hydrogen) atoms. The van der Waals surface area contributed by atoms with Gasteiger partial charge in [-0.1, -0.05) is 25.1 Å². The number of aromatic hydroxyl groups is 1. The number of benzene rings is 1. The summed E-state index contributed by atoms with van der Waals surface area (Å²) in [4.78, 5) is 4.10. The molecule has 2 rings (SSSR count). The molecule has 5 heteroatoms. The van der Waals surface area contributed by atoms with E-state index in [9.17, 15) is 9.50 Å². The van der Waals surface area contributed by atoms with Crippen LogP contribution in [-0.2, 0) is 6.42 Å². The summed E-state index contributed by atoms with van der Waals surface area (Å²) in [5.41, 5.74) is -0.0409. The van der Waals surface area contributed by atoms with Crippen LogP contribution in [0.4, 0.5) is 4.39 Å². The Morgan fingerprint density at radius 3 is 2.83 bits per heavy atom. The molecule has 0 aliphatic rings. The molecular weight excluding hydrogens is 235 g/mol. The number of hydrogen-bond donors (Lipinski definition) is 1. The summed E-state index contributed by atoms with van der Waals surface area (Å²) in [6.07, 6.45) is 1.61. The summed E-state index contributed by atoms with van der Waals surface area (Å²) in [6.45, 7) is 4.20. The molecule has 1 aromatic carbocycles. The zero-order chi connectivity index (χ0) is 13.1. The molecule has 0 aliphatic carbocycles. The lowest BCUT2D eigenvalue weighted by Crippen LogP contribution is -1.94. The van der Waals surface area contributed by atoms with Gasteiger partial charge in [-0.2, -0.15) is 4.98 Å². The average molecular weight is 250 g/mol. The Bertz CT molecular complexity index is 517. The van der Waals surface area contributed by atoms with Crippen LogP contribution in [-0.4, -0.2) is 15.2 Å². The Hall–Kier alpha value is -1.91. The van der Waals surface area contributed by atoms with E-state index in [1.165, 1.54) is 18.2 Å². The first kappa shape index (κ1) is 12.5. The largest absolute Gasteiger partial charge is 0.507 e. The smallest absolute Gasteiger partial charge is 0.264 e. The summed E-state index contributed by atoms with van der Waals surface area (Å²) in [6, 6.07) is 4.05. The molecule has 0 bridgehead atoms. The highest BCUT2D eigenvalue weighted by molar-refractivity contribution is 5.62. The van der Waals surface area contributed by atoms with Crippen LogP contribution in [0, 0.1) is 11.7 Å². The van der Waals surface area contributed by atoms with Crippen LogP contribution in [0.15, 0.2) is 22.7 Å². The van der Waals surface area contributed by atoms with Crippen molar-refractivity contribution < 1.29 is 14.0 Å². The predicted molar refractivity (Wildman–Crippen MR) is 64.5 cm³/mol. The number of aromatic nitrogens is 2. The van der Waals surface area contributed by atoms with Crippen LogP contribution in [0.3, 0.4) is 0 Å². The van der Waals surface area contributed by atoms with E-state index in [2.05, 4.69) is 24.0 Å². The minimum absolute atomic E-state index is 0.0179. The lowest BCUT2D eigenvalue weighted by Gasteiger charge is -2.00. The average Bonchev–Trinajstić information content (AvgIpc) is 2.75. The van der Waals surface area contributed by atoms with Crippen LogP contribution in [0.5, 0.6) is 5.75 Å². The Kier molecular flexibility index (Phi) is 3.60. The molecule has 96 valence electrons. The van der Waals surface area contributed by atoms with E-state index in [0.717, 1.165) is 6.42 Å². The molecule has 0 amide bonds. The van der Waals surface area contributed by atoms with Crippen molar-refractivity contribution in [3.8, 4) is 17.2 Å². The number of aryl methyl sites for hydroxylation is 1. The Morgan fingerprint density at radius 2 is 2.17 bits per heavy atom. The Labute approximate surface area is 104 Å². The second kappa shape index (κ2) is 5.16. The van der Waals surface area contributed by atoms with Crippen molar-refractivity contribution in [3.63, 3.8) is 0 Å². The second-order valence-electron chi connectivity index (χ2n) is 4.58. The highest BCUT2D eigenvalue weighted by Gasteiger charge is 2.17. The van der Waals surface area contributed by atoms with Crippen LogP contribution < -0.4 is 0 Å². The molecule has 1 aromatic heterocycles. The number of phenols is 1. The van der Waals surface area contributed by atoms with Crippen molar-refractivity contribution in [2.45, 2.75) is 26.7 Å². The minimum atomic E-state index is -0.575. The molecule has 0 aliphatic heterocycles. The van der Waals surface area contributed by atoms with Gasteiger partial charge in [-0.3, -0.25) is 0 Å². The first-order chi connectivity index (χ1) is 8.58. The first-order valence-electron chi connectivity index (χ1n) is 5.88. The van der Waals surface area contributed by atoms with Crippen molar-refractivity contribution >= 4 is 0 Å². The summed E-state index contributed by atoms with van der Waals surface area (Å²) in [7, 11) is 0. The van der Waals surface area contributed by atoms with E-state index >= 15 is 0 Å². The molecule has 0 spiro atoms. The quantitative estimate of drug-likeness (QED) is 0.905. The summed E-state index contributed by atoms with van der Waals surface area (Å²) in [5, 5.41) is 13.4. The SMILES string of the molecule is CC(C)CCc1noc(-c2c(O)cccc2F)n1. The minimum Gasteiger partial charge on any atom is -0.507 e. The number of halogens is 1. The van der Waals surface area contributed by atoms with E-state index < -0.39 is 5.82 Å². The molecule has 0 fully saturated rings. The van der Waals surface area contributed by atoms with E-state index in [4.69, 9.17) is 4.52 Å². The molecule has 0 saturated carbocycles.